The number of carbonyl (C=O) groups is 10. The molecule has 1 fully saturated rings. The van der Waals surface area contributed by atoms with Gasteiger partial charge in [0.25, 0.3) is 0 Å². The SMILES string of the molecule is COCCOCCOCCOCCOCCOCCOCCOCCC(=O)N(C)Cc1cc(NC(=O)[C@H](C)NC(=O)[C@@H](NC(=O)CN(C)C(=O)CN(C)C(=O)CN(C)C(=O)CCCCCN2C(=O)CC(C)C2=O)C(C)C)ccc1COC(C)=O. The molecule has 1 heterocycles. The number of methoxy groups -OCH3 is 1. The summed E-state index contributed by atoms with van der Waals surface area (Å²) < 4.78 is 48.5. The van der Waals surface area contributed by atoms with Gasteiger partial charge in [-0.1, -0.05) is 33.3 Å². The van der Waals surface area contributed by atoms with E-state index in [2.05, 4.69) is 16.0 Å². The van der Waals surface area contributed by atoms with E-state index >= 15 is 0 Å². The number of amides is 9. The number of carbonyl (C=O) groups excluding carboxylic acids is 10. The van der Waals surface area contributed by atoms with Crippen LogP contribution in [0, 0.1) is 11.8 Å². The van der Waals surface area contributed by atoms with Gasteiger partial charge in [0.2, 0.25) is 53.2 Å². The van der Waals surface area contributed by atoms with E-state index in [9.17, 15) is 47.9 Å². The summed E-state index contributed by atoms with van der Waals surface area (Å²) in [6.07, 6.45) is 2.12. The molecule has 0 saturated carbocycles. The second-order valence-electron chi connectivity index (χ2n) is 20.6. The summed E-state index contributed by atoms with van der Waals surface area (Å²) in [6.45, 7) is 13.3. The highest BCUT2D eigenvalue weighted by Crippen LogP contribution is 2.21. The summed E-state index contributed by atoms with van der Waals surface area (Å²) in [5.74, 6) is -5.13. The number of rotatable bonds is 46. The molecule has 1 unspecified atom stereocenters. The monoisotopic (exact) mass is 1190 g/mol. The lowest BCUT2D eigenvalue weighted by atomic mass is 10.0. The standard InChI is InChI=1S/C57H94N8O19/c1-41(2)54(60-48(67)37-62(7)52(71)39-64(9)53(72)38-63(8)49(68)14-12-11-13-18-65-51(70)34-42(3)57(65)75)56(74)58-43(4)55(73)59-47-16-15-45(40-84-44(5)66)46(35-47)36-61(6)50(69)17-19-77-22-23-79-26-27-81-30-31-83-33-32-82-29-28-80-25-24-78-21-20-76-10/h15-16,35,41-43,54H,11-14,17-34,36-40H2,1-10H3,(H,58,74)(H,59,73)(H,60,67)/t42?,43-,54-/m0/s1. The fourth-order valence-corrected chi connectivity index (χ4v) is 7.93. The number of anilines is 1. The number of benzene rings is 1. The Balaban J connectivity index is 1.74. The zero-order chi connectivity index (χ0) is 62.4. The van der Waals surface area contributed by atoms with E-state index in [1.54, 1.807) is 53.1 Å². The Morgan fingerprint density at radius 3 is 1.56 bits per heavy atom. The molecule has 1 aliphatic rings. The van der Waals surface area contributed by atoms with Gasteiger partial charge in [-0.2, -0.15) is 0 Å². The van der Waals surface area contributed by atoms with Gasteiger partial charge in [-0.25, -0.2) is 0 Å². The first-order valence-corrected chi connectivity index (χ1v) is 28.5. The van der Waals surface area contributed by atoms with Crippen LogP contribution in [0.3, 0.4) is 0 Å². The van der Waals surface area contributed by atoms with Crippen molar-refractivity contribution in [2.45, 2.75) is 98.4 Å². The van der Waals surface area contributed by atoms with Crippen LogP contribution in [0.15, 0.2) is 18.2 Å². The highest BCUT2D eigenvalue weighted by atomic mass is 16.6. The summed E-state index contributed by atoms with van der Waals surface area (Å²) in [4.78, 5) is 134. The van der Waals surface area contributed by atoms with Crippen molar-refractivity contribution >= 4 is 64.8 Å². The molecule has 9 amide bonds. The molecule has 27 heteroatoms. The fourth-order valence-electron chi connectivity index (χ4n) is 7.93. The predicted octanol–water partition coefficient (Wildman–Crippen LogP) is 0.775. The van der Waals surface area contributed by atoms with Gasteiger partial charge in [-0.05, 0) is 48.9 Å². The minimum absolute atomic E-state index is 0.0772. The van der Waals surface area contributed by atoms with E-state index < -0.39 is 66.6 Å². The minimum atomic E-state index is -1.10. The van der Waals surface area contributed by atoms with E-state index in [1.165, 1.54) is 49.7 Å². The average molecular weight is 1200 g/mol. The zero-order valence-electron chi connectivity index (χ0n) is 51.1. The quantitative estimate of drug-likeness (QED) is 0.0461. The summed E-state index contributed by atoms with van der Waals surface area (Å²) in [7, 11) is 7.47. The third-order valence-electron chi connectivity index (χ3n) is 13.0. The van der Waals surface area contributed by atoms with Crippen molar-refractivity contribution in [3.05, 3.63) is 29.3 Å². The average Bonchev–Trinajstić information content (AvgIpc) is 3.79. The first-order valence-electron chi connectivity index (χ1n) is 28.5. The van der Waals surface area contributed by atoms with Gasteiger partial charge >= 0.3 is 5.97 Å². The molecule has 1 saturated heterocycles. The first kappa shape index (κ1) is 73.9. The largest absolute Gasteiger partial charge is 0.461 e. The third-order valence-corrected chi connectivity index (χ3v) is 13.0. The van der Waals surface area contributed by atoms with Crippen molar-refractivity contribution in [1.29, 1.82) is 0 Å². The normalized spacial score (nSPS) is 13.8. The van der Waals surface area contributed by atoms with Gasteiger partial charge in [-0.15, -0.1) is 0 Å². The number of likely N-dealkylation sites (N-methyl/N-ethyl adjacent to an activating group) is 3. The number of ether oxygens (including phenoxy) is 9. The molecule has 3 N–H and O–H groups in total. The van der Waals surface area contributed by atoms with E-state index in [-0.39, 0.29) is 81.7 Å². The number of imide groups is 1. The van der Waals surface area contributed by atoms with Gasteiger partial charge in [0.1, 0.15) is 18.7 Å². The minimum Gasteiger partial charge on any atom is -0.461 e. The van der Waals surface area contributed by atoms with Crippen LogP contribution in [-0.2, 0) is 104 Å². The summed E-state index contributed by atoms with van der Waals surface area (Å²) >= 11 is 0. The molecule has 3 atom stereocenters. The first-order chi connectivity index (χ1) is 40.0. The Labute approximate surface area is 494 Å². The van der Waals surface area contributed by atoms with Crippen LogP contribution in [-0.4, -0.2) is 256 Å². The molecule has 1 aliphatic heterocycles. The topological polar surface area (TPSA) is 306 Å². The van der Waals surface area contributed by atoms with Gasteiger partial charge < -0.3 is 78.2 Å². The molecule has 27 nitrogen and oxygen atoms in total. The highest BCUT2D eigenvalue weighted by Gasteiger charge is 2.35. The van der Waals surface area contributed by atoms with Gasteiger partial charge in [0.15, 0.2) is 0 Å². The Morgan fingerprint density at radius 2 is 1.07 bits per heavy atom. The molecular formula is C57H94N8O19. The Morgan fingerprint density at radius 1 is 0.583 bits per heavy atom. The van der Waals surface area contributed by atoms with E-state index in [0.29, 0.717) is 129 Å². The van der Waals surface area contributed by atoms with Crippen LogP contribution in [0.2, 0.25) is 0 Å². The van der Waals surface area contributed by atoms with Crippen molar-refractivity contribution in [2.24, 2.45) is 11.8 Å². The van der Waals surface area contributed by atoms with Crippen LogP contribution >= 0.6 is 0 Å². The number of unbranched alkanes of at least 4 members (excludes halogenated alkanes) is 2. The lowest BCUT2D eigenvalue weighted by Gasteiger charge is -2.26. The van der Waals surface area contributed by atoms with Crippen LogP contribution in [0.4, 0.5) is 5.69 Å². The van der Waals surface area contributed by atoms with Crippen LogP contribution < -0.4 is 16.0 Å². The summed E-state index contributed by atoms with van der Waals surface area (Å²) in [6, 6.07) is 2.70. The Hall–Kier alpha value is -6.20. The van der Waals surface area contributed by atoms with E-state index in [1.807, 2.05) is 0 Å². The maximum atomic E-state index is 13.5. The fraction of sp³-hybridized carbons (Fsp3) is 0.719. The Bertz CT molecular complexity index is 2220. The van der Waals surface area contributed by atoms with Crippen LogP contribution in [0.25, 0.3) is 0 Å². The molecule has 0 bridgehead atoms. The maximum absolute atomic E-state index is 13.5. The number of nitrogens with one attached hydrogen (secondary N) is 3. The molecule has 1 aromatic carbocycles. The molecule has 0 spiro atoms. The van der Waals surface area contributed by atoms with Crippen molar-refractivity contribution in [2.75, 3.05) is 166 Å². The van der Waals surface area contributed by atoms with Crippen LogP contribution in [0.5, 0.6) is 0 Å². The zero-order valence-corrected chi connectivity index (χ0v) is 51.1. The van der Waals surface area contributed by atoms with Crippen LogP contribution in [0.1, 0.15) is 84.3 Å². The van der Waals surface area contributed by atoms with Crippen molar-refractivity contribution in [3.8, 4) is 0 Å². The summed E-state index contributed by atoms with van der Waals surface area (Å²) in [5, 5.41) is 8.03. The number of hydrogen-bond donors (Lipinski definition) is 3. The number of nitrogens with zero attached hydrogens (tertiary/aromatic N) is 5. The third kappa shape index (κ3) is 31.1. The number of hydrogen-bond acceptors (Lipinski definition) is 19. The molecule has 1 aromatic rings. The van der Waals surface area contributed by atoms with E-state index in [0.717, 1.165) is 9.80 Å². The number of likely N-dealkylation sites (tertiary alicyclic amines) is 1. The predicted molar refractivity (Wildman–Crippen MR) is 305 cm³/mol. The van der Waals surface area contributed by atoms with Crippen molar-refractivity contribution in [1.82, 2.24) is 35.1 Å². The molecule has 0 aromatic heterocycles. The van der Waals surface area contributed by atoms with Gasteiger partial charge in [0.05, 0.1) is 125 Å². The lowest BCUT2D eigenvalue weighted by Crippen LogP contribution is -2.55. The molecule has 84 heavy (non-hydrogen) atoms. The maximum Gasteiger partial charge on any atom is 0.302 e. The highest BCUT2D eigenvalue weighted by molar-refractivity contribution is 6.03. The molecular weight excluding hydrogens is 1100 g/mol. The van der Waals surface area contributed by atoms with Crippen molar-refractivity contribution in [3.63, 3.8) is 0 Å². The van der Waals surface area contributed by atoms with Crippen molar-refractivity contribution < 1.29 is 90.6 Å². The lowest BCUT2D eigenvalue weighted by molar-refractivity contribution is -0.143. The number of esters is 1. The second-order valence-corrected chi connectivity index (χ2v) is 20.6. The summed E-state index contributed by atoms with van der Waals surface area (Å²) in [5.41, 5.74) is 1.51. The second kappa shape index (κ2) is 42.6. The Kier molecular flexibility index (Phi) is 37.5. The van der Waals surface area contributed by atoms with Gasteiger partial charge in [0, 0.05) is 79.8 Å². The molecule has 476 valence electrons. The smallest absolute Gasteiger partial charge is 0.302 e. The van der Waals surface area contributed by atoms with E-state index in [4.69, 9.17) is 42.6 Å². The molecule has 2 rings (SSSR count). The van der Waals surface area contributed by atoms with Gasteiger partial charge in [-0.3, -0.25) is 52.8 Å². The molecule has 0 radical (unpaired) electrons. The molecule has 0 aliphatic carbocycles.